The Bertz CT molecular complexity index is 146. The van der Waals surface area contributed by atoms with Gasteiger partial charge in [0.1, 0.15) is 0 Å². The lowest BCUT2D eigenvalue weighted by molar-refractivity contribution is -0.137. The van der Waals surface area contributed by atoms with E-state index in [1.54, 1.807) is 0 Å². The van der Waals surface area contributed by atoms with Crippen molar-refractivity contribution in [3.63, 3.8) is 0 Å². The molecule has 0 saturated heterocycles. The molecular formula is C5H9NO5. The number of carboxylic acid groups (broad SMARTS) is 1. The fourth-order valence-electron chi connectivity index (χ4n) is 0.403. The van der Waals surface area contributed by atoms with Crippen LogP contribution < -0.4 is 5.32 Å². The molecule has 0 aliphatic rings. The summed E-state index contributed by atoms with van der Waals surface area (Å²) in [4.78, 5) is 20.1. The van der Waals surface area contributed by atoms with Gasteiger partial charge in [0.25, 0.3) is 0 Å². The van der Waals surface area contributed by atoms with Crippen LogP contribution in [0.1, 0.15) is 0 Å². The van der Waals surface area contributed by atoms with Gasteiger partial charge in [0.15, 0.2) is 0 Å². The van der Waals surface area contributed by atoms with Crippen molar-refractivity contribution in [3.8, 4) is 0 Å². The maximum absolute atomic E-state index is 10.4. The lowest BCUT2D eigenvalue weighted by atomic mass is 10.6. The first kappa shape index (κ1) is 9.86. The van der Waals surface area contributed by atoms with Crippen LogP contribution in [0.2, 0.25) is 0 Å². The second kappa shape index (κ2) is 5.63. The van der Waals surface area contributed by atoms with Crippen molar-refractivity contribution in [3.05, 3.63) is 0 Å². The summed E-state index contributed by atoms with van der Waals surface area (Å²) in [6.45, 7) is -0.0953. The number of aliphatic hydroxyl groups excluding tert-OH is 1. The van der Waals surface area contributed by atoms with Crippen LogP contribution in [0.4, 0.5) is 4.79 Å². The Kier molecular flexibility index (Phi) is 5.05. The molecule has 0 aliphatic heterocycles. The van der Waals surface area contributed by atoms with E-state index in [0.717, 1.165) is 0 Å². The number of aliphatic hydroxyl groups is 1. The summed E-state index contributed by atoms with van der Waals surface area (Å²) in [6.07, 6.45) is -1.62. The molecule has 0 aromatic heterocycles. The summed E-state index contributed by atoms with van der Waals surface area (Å²) in [5.74, 6) is -0.883. The molecule has 0 unspecified atom stereocenters. The van der Waals surface area contributed by atoms with E-state index in [1.165, 1.54) is 0 Å². The molecule has 11 heavy (non-hydrogen) atoms. The topological polar surface area (TPSA) is 95.9 Å². The van der Waals surface area contributed by atoms with E-state index >= 15 is 0 Å². The van der Waals surface area contributed by atoms with Gasteiger partial charge in [0.2, 0.25) is 0 Å². The number of hydrogen-bond acceptors (Lipinski definition) is 5. The molecule has 6 nitrogen and oxygen atoms in total. The Morgan fingerprint density at radius 1 is 1.45 bits per heavy atom. The van der Waals surface area contributed by atoms with E-state index in [-0.39, 0.29) is 19.7 Å². The molecule has 0 aromatic carbocycles. The Balaban J connectivity index is 3.30. The molecule has 3 N–H and O–H groups in total. The first-order chi connectivity index (χ1) is 5.16. The van der Waals surface area contributed by atoms with Gasteiger partial charge in [-0.05, 0) is 0 Å². The predicted octanol–water partition coefficient (Wildman–Crippen LogP) is -1.21. The minimum atomic E-state index is -1.62. The third kappa shape index (κ3) is 6.75. The molecule has 0 aromatic rings. The summed E-state index contributed by atoms with van der Waals surface area (Å²) in [5.41, 5.74) is 0. The van der Waals surface area contributed by atoms with Crippen LogP contribution in [0.5, 0.6) is 0 Å². The highest BCUT2D eigenvalue weighted by Gasteiger charge is 2.06. The van der Waals surface area contributed by atoms with Gasteiger partial charge in [-0.2, -0.15) is 0 Å². The number of carbonyl (C=O) groups is 2. The maximum Gasteiger partial charge on any atom is 0.513 e. The molecule has 0 heterocycles. The van der Waals surface area contributed by atoms with Crippen molar-refractivity contribution in [1.29, 1.82) is 0 Å². The molecule has 0 atom stereocenters. The Morgan fingerprint density at radius 3 is 2.55 bits per heavy atom. The van der Waals surface area contributed by atoms with E-state index in [2.05, 4.69) is 10.1 Å². The Hall–Kier alpha value is -1.14. The van der Waals surface area contributed by atoms with Gasteiger partial charge in [-0.3, -0.25) is 4.79 Å². The first-order valence-electron chi connectivity index (χ1n) is 2.92. The minimum Gasteiger partial charge on any atom is -0.449 e. The van der Waals surface area contributed by atoms with Crippen molar-refractivity contribution in [2.45, 2.75) is 0 Å². The van der Waals surface area contributed by atoms with Gasteiger partial charge in [-0.15, -0.1) is 0 Å². The monoisotopic (exact) mass is 163 g/mol. The molecule has 0 saturated carbocycles. The minimum absolute atomic E-state index is 0.111. The molecule has 0 rings (SSSR count). The second-order valence-electron chi connectivity index (χ2n) is 1.64. The van der Waals surface area contributed by atoms with Gasteiger partial charge in [-0.1, -0.05) is 0 Å². The second-order valence-corrected chi connectivity index (χ2v) is 1.64. The number of nitrogens with one attached hydrogen (secondary N) is 1. The van der Waals surface area contributed by atoms with Crippen LogP contribution in [0, 0.1) is 0 Å². The molecule has 0 aliphatic carbocycles. The third-order valence-electron chi connectivity index (χ3n) is 0.759. The van der Waals surface area contributed by atoms with Crippen LogP contribution >= 0.6 is 0 Å². The van der Waals surface area contributed by atoms with Crippen LogP contribution in [-0.4, -0.2) is 42.0 Å². The van der Waals surface area contributed by atoms with Gasteiger partial charge in [0.05, 0.1) is 13.2 Å². The highest BCUT2D eigenvalue weighted by atomic mass is 16.7. The molecule has 0 radical (unpaired) electrons. The van der Waals surface area contributed by atoms with Crippen molar-refractivity contribution < 1.29 is 24.5 Å². The zero-order valence-corrected chi connectivity index (χ0v) is 5.74. The van der Waals surface area contributed by atoms with E-state index in [0.29, 0.717) is 0 Å². The first-order valence-corrected chi connectivity index (χ1v) is 2.92. The molecule has 6 heteroatoms. The highest BCUT2D eigenvalue weighted by Crippen LogP contribution is 1.76. The van der Waals surface area contributed by atoms with Crippen molar-refractivity contribution in [2.24, 2.45) is 0 Å². The van der Waals surface area contributed by atoms with Crippen molar-refractivity contribution in [1.82, 2.24) is 5.32 Å². The van der Waals surface area contributed by atoms with Gasteiger partial charge in [0, 0.05) is 6.54 Å². The summed E-state index contributed by atoms with van der Waals surface area (Å²) in [5, 5.41) is 18.6. The maximum atomic E-state index is 10.4. The van der Waals surface area contributed by atoms with Crippen LogP contribution in [0.3, 0.4) is 0 Å². The number of carbonyl (C=O) groups excluding carboxylic acids is 1. The zero-order chi connectivity index (χ0) is 8.69. The van der Waals surface area contributed by atoms with Gasteiger partial charge < -0.3 is 20.3 Å². The van der Waals surface area contributed by atoms with E-state index in [9.17, 15) is 9.59 Å². The fraction of sp³-hybridized carbons (Fsp3) is 0.600. The molecule has 0 bridgehead atoms. The SMILES string of the molecule is O=C(O)OC(=O)CNCCO. The van der Waals surface area contributed by atoms with Crippen LogP contribution in [0.25, 0.3) is 0 Å². The average molecular weight is 163 g/mol. The van der Waals surface area contributed by atoms with E-state index < -0.39 is 12.1 Å². The van der Waals surface area contributed by atoms with E-state index in [1.807, 2.05) is 0 Å². The van der Waals surface area contributed by atoms with Gasteiger partial charge >= 0.3 is 12.1 Å². The quantitative estimate of drug-likeness (QED) is 0.273. The summed E-state index contributed by atoms with van der Waals surface area (Å²) >= 11 is 0. The molecule has 64 valence electrons. The zero-order valence-electron chi connectivity index (χ0n) is 5.74. The van der Waals surface area contributed by atoms with Crippen molar-refractivity contribution >= 4 is 12.1 Å². The van der Waals surface area contributed by atoms with Crippen LogP contribution in [0.15, 0.2) is 0 Å². The summed E-state index contributed by atoms with van der Waals surface area (Å²) in [7, 11) is 0. The lowest BCUT2D eigenvalue weighted by Gasteiger charge is -1.99. The third-order valence-corrected chi connectivity index (χ3v) is 0.759. The summed E-state index contributed by atoms with van der Waals surface area (Å²) < 4.78 is 3.73. The molecule has 0 amide bonds. The number of hydrogen-bond donors (Lipinski definition) is 3. The predicted molar refractivity (Wildman–Crippen MR) is 34.1 cm³/mol. The normalized spacial score (nSPS) is 9.18. The summed E-state index contributed by atoms with van der Waals surface area (Å²) in [6, 6.07) is 0. The standard InChI is InChI=1S/C5H9NO5/c7-2-1-6-3-4(8)11-5(9)10/h6-7H,1-3H2,(H,9,10). The Labute approximate surface area is 62.8 Å². The van der Waals surface area contributed by atoms with Gasteiger partial charge in [-0.25, -0.2) is 4.79 Å². The smallest absolute Gasteiger partial charge is 0.449 e. The largest absolute Gasteiger partial charge is 0.513 e. The number of esters is 1. The average Bonchev–Trinajstić information content (AvgIpc) is 1.86. The number of rotatable bonds is 4. The molecular weight excluding hydrogens is 154 g/mol. The highest BCUT2D eigenvalue weighted by molar-refractivity contribution is 5.82. The molecule has 0 spiro atoms. The van der Waals surface area contributed by atoms with Crippen molar-refractivity contribution in [2.75, 3.05) is 19.7 Å². The Morgan fingerprint density at radius 2 is 2.09 bits per heavy atom. The fourth-order valence-corrected chi connectivity index (χ4v) is 0.403. The number of ether oxygens (including phenoxy) is 1. The lowest BCUT2D eigenvalue weighted by Crippen LogP contribution is -2.28. The van der Waals surface area contributed by atoms with Crippen LogP contribution in [-0.2, 0) is 9.53 Å². The molecule has 0 fully saturated rings. The van der Waals surface area contributed by atoms with E-state index in [4.69, 9.17) is 10.2 Å².